The number of hydrogen-bond acceptors (Lipinski definition) is 8. The zero-order chi connectivity index (χ0) is 18.9. The number of fused-ring (bicyclic) bond motifs is 1. The van der Waals surface area contributed by atoms with Crippen LogP contribution in [0.25, 0.3) is 11.2 Å². The molecule has 2 aromatic rings. The smallest absolute Gasteiger partial charge is 0.302 e. The van der Waals surface area contributed by atoms with Crippen molar-refractivity contribution < 1.29 is 19.4 Å². The minimum absolute atomic E-state index is 0.0925. The first-order valence-corrected chi connectivity index (χ1v) is 8.78. The van der Waals surface area contributed by atoms with E-state index in [4.69, 9.17) is 21.1 Å². The molecule has 0 aromatic carbocycles. The normalized spacial score (nSPS) is 15.5. The lowest BCUT2D eigenvalue weighted by Crippen LogP contribution is -2.37. The summed E-state index contributed by atoms with van der Waals surface area (Å²) in [6.45, 7) is 7.58. The SMILES string of the molecule is CC(=O)OCCn1c(C(C)(C)O)nc2c(N3CCOCC3)nc(Cl)nc21. The number of rotatable bonds is 5. The first-order chi connectivity index (χ1) is 12.3. The van der Waals surface area contributed by atoms with Gasteiger partial charge in [0.2, 0.25) is 5.28 Å². The molecule has 0 radical (unpaired) electrons. The van der Waals surface area contributed by atoms with Crippen molar-refractivity contribution in [3.05, 3.63) is 11.1 Å². The Morgan fingerprint density at radius 1 is 1.31 bits per heavy atom. The van der Waals surface area contributed by atoms with Crippen molar-refractivity contribution in [3.8, 4) is 0 Å². The summed E-state index contributed by atoms with van der Waals surface area (Å²) in [7, 11) is 0. The van der Waals surface area contributed by atoms with Crippen LogP contribution in [0, 0.1) is 0 Å². The molecular formula is C16H22ClN5O4. The summed E-state index contributed by atoms with van der Waals surface area (Å²) in [4.78, 5) is 26.4. The first-order valence-electron chi connectivity index (χ1n) is 8.40. The molecule has 1 N–H and O–H groups in total. The average Bonchev–Trinajstić information content (AvgIpc) is 2.93. The number of nitrogens with zero attached hydrogens (tertiary/aromatic N) is 5. The number of hydrogen-bond donors (Lipinski definition) is 1. The molecule has 0 atom stereocenters. The largest absolute Gasteiger partial charge is 0.464 e. The Morgan fingerprint density at radius 3 is 2.62 bits per heavy atom. The molecule has 0 saturated carbocycles. The standard InChI is InChI=1S/C16H22ClN5O4/c1-10(23)26-9-6-22-13-11(18-14(22)16(2,3)24)12(19-15(17)20-13)21-4-7-25-8-5-21/h24H,4-9H2,1-3H3. The Kier molecular flexibility index (Phi) is 5.31. The maximum absolute atomic E-state index is 11.1. The van der Waals surface area contributed by atoms with Gasteiger partial charge in [-0.3, -0.25) is 4.79 Å². The van der Waals surface area contributed by atoms with Gasteiger partial charge in [-0.25, -0.2) is 4.98 Å². The van der Waals surface area contributed by atoms with Crippen LogP contribution < -0.4 is 4.90 Å². The Balaban J connectivity index is 2.10. The number of carbonyl (C=O) groups is 1. The minimum Gasteiger partial charge on any atom is -0.464 e. The number of anilines is 1. The van der Waals surface area contributed by atoms with E-state index in [0.717, 1.165) is 0 Å². The Morgan fingerprint density at radius 2 is 2.00 bits per heavy atom. The lowest BCUT2D eigenvalue weighted by molar-refractivity contribution is -0.141. The van der Waals surface area contributed by atoms with Crippen LogP contribution in [-0.4, -0.2) is 63.5 Å². The van der Waals surface area contributed by atoms with E-state index in [-0.39, 0.29) is 17.9 Å². The Labute approximate surface area is 155 Å². The monoisotopic (exact) mass is 383 g/mol. The summed E-state index contributed by atoms with van der Waals surface area (Å²) < 4.78 is 12.1. The van der Waals surface area contributed by atoms with Crippen LogP contribution >= 0.6 is 11.6 Å². The molecule has 9 nitrogen and oxygen atoms in total. The number of ether oxygens (including phenoxy) is 2. The van der Waals surface area contributed by atoms with Gasteiger partial charge in [0.15, 0.2) is 17.0 Å². The summed E-state index contributed by atoms with van der Waals surface area (Å²) in [5, 5.41) is 10.6. The van der Waals surface area contributed by atoms with Gasteiger partial charge in [0.05, 0.1) is 19.8 Å². The van der Waals surface area contributed by atoms with Gasteiger partial charge in [0.25, 0.3) is 0 Å². The van der Waals surface area contributed by atoms with E-state index in [0.29, 0.717) is 55.7 Å². The van der Waals surface area contributed by atoms with Gasteiger partial charge in [0, 0.05) is 20.0 Å². The second-order valence-electron chi connectivity index (χ2n) is 6.57. The van der Waals surface area contributed by atoms with Crippen LogP contribution in [0.15, 0.2) is 0 Å². The van der Waals surface area contributed by atoms with E-state index >= 15 is 0 Å². The molecule has 10 heteroatoms. The van der Waals surface area contributed by atoms with Gasteiger partial charge in [-0.15, -0.1) is 0 Å². The third kappa shape index (κ3) is 3.89. The molecule has 1 aliphatic heterocycles. The fraction of sp³-hybridized carbons (Fsp3) is 0.625. The summed E-state index contributed by atoms with van der Waals surface area (Å²) in [5.41, 5.74) is -0.168. The third-order valence-corrected chi connectivity index (χ3v) is 4.20. The average molecular weight is 384 g/mol. The molecule has 3 heterocycles. The van der Waals surface area contributed by atoms with Crippen molar-refractivity contribution in [2.45, 2.75) is 32.9 Å². The van der Waals surface area contributed by atoms with Crippen molar-refractivity contribution in [3.63, 3.8) is 0 Å². The molecule has 0 spiro atoms. The molecule has 1 fully saturated rings. The molecule has 2 aromatic heterocycles. The van der Waals surface area contributed by atoms with Crippen LogP contribution in [0.3, 0.4) is 0 Å². The lowest BCUT2D eigenvalue weighted by Gasteiger charge is -2.27. The molecule has 26 heavy (non-hydrogen) atoms. The summed E-state index contributed by atoms with van der Waals surface area (Å²) in [6, 6.07) is 0. The van der Waals surface area contributed by atoms with Crippen LogP contribution in [0.2, 0.25) is 5.28 Å². The quantitative estimate of drug-likeness (QED) is 0.605. The number of morpholine rings is 1. The van der Waals surface area contributed by atoms with Gasteiger partial charge >= 0.3 is 5.97 Å². The van der Waals surface area contributed by atoms with E-state index in [1.165, 1.54) is 6.92 Å². The topological polar surface area (TPSA) is 103 Å². The summed E-state index contributed by atoms with van der Waals surface area (Å²) >= 11 is 6.15. The van der Waals surface area contributed by atoms with Crippen molar-refractivity contribution in [1.82, 2.24) is 19.5 Å². The molecule has 0 amide bonds. The number of aliphatic hydroxyl groups is 1. The minimum atomic E-state index is -1.22. The maximum Gasteiger partial charge on any atom is 0.302 e. The predicted octanol–water partition coefficient (Wildman–Crippen LogP) is 1.11. The highest BCUT2D eigenvalue weighted by Crippen LogP contribution is 2.30. The molecule has 0 bridgehead atoms. The zero-order valence-electron chi connectivity index (χ0n) is 15.0. The number of imidazole rings is 1. The molecule has 1 aliphatic rings. The number of carbonyl (C=O) groups excluding carboxylic acids is 1. The molecule has 0 aliphatic carbocycles. The molecule has 1 saturated heterocycles. The number of halogens is 1. The van der Waals surface area contributed by atoms with Gasteiger partial charge in [0.1, 0.15) is 18.0 Å². The van der Waals surface area contributed by atoms with E-state index in [1.807, 2.05) is 4.90 Å². The summed E-state index contributed by atoms with van der Waals surface area (Å²) in [6.07, 6.45) is 0. The fourth-order valence-corrected chi connectivity index (χ4v) is 3.08. The van der Waals surface area contributed by atoms with Crippen LogP contribution in [0.1, 0.15) is 26.6 Å². The van der Waals surface area contributed by atoms with E-state index in [9.17, 15) is 9.90 Å². The maximum atomic E-state index is 11.1. The number of aromatic nitrogens is 4. The summed E-state index contributed by atoms with van der Waals surface area (Å²) in [5.74, 6) is 0.645. The van der Waals surface area contributed by atoms with Gasteiger partial charge in [-0.1, -0.05) is 0 Å². The Bertz CT molecular complexity index is 811. The van der Waals surface area contributed by atoms with Gasteiger partial charge in [-0.2, -0.15) is 9.97 Å². The van der Waals surface area contributed by atoms with Crippen LogP contribution in [0.4, 0.5) is 5.82 Å². The zero-order valence-corrected chi connectivity index (χ0v) is 15.8. The van der Waals surface area contributed by atoms with Gasteiger partial charge < -0.3 is 24.0 Å². The highest BCUT2D eigenvalue weighted by atomic mass is 35.5. The van der Waals surface area contributed by atoms with Crippen molar-refractivity contribution in [2.75, 3.05) is 37.8 Å². The van der Waals surface area contributed by atoms with Crippen molar-refractivity contribution in [2.24, 2.45) is 0 Å². The lowest BCUT2D eigenvalue weighted by atomic mass is 10.1. The Hall–Kier alpha value is -1.97. The van der Waals surface area contributed by atoms with E-state index in [1.54, 1.807) is 18.4 Å². The second kappa shape index (κ2) is 7.34. The van der Waals surface area contributed by atoms with Crippen molar-refractivity contribution in [1.29, 1.82) is 0 Å². The fourth-order valence-electron chi connectivity index (χ4n) is 2.92. The second-order valence-corrected chi connectivity index (χ2v) is 6.91. The molecule has 142 valence electrons. The van der Waals surface area contributed by atoms with Crippen molar-refractivity contribution >= 4 is 34.6 Å². The molecule has 0 unspecified atom stereocenters. The predicted molar refractivity (Wildman–Crippen MR) is 95.2 cm³/mol. The third-order valence-electron chi connectivity index (χ3n) is 4.03. The van der Waals surface area contributed by atoms with Gasteiger partial charge in [-0.05, 0) is 25.4 Å². The first kappa shape index (κ1) is 18.8. The van der Waals surface area contributed by atoms with E-state index in [2.05, 4.69) is 15.0 Å². The highest BCUT2D eigenvalue weighted by molar-refractivity contribution is 6.28. The molecule has 3 rings (SSSR count). The highest BCUT2D eigenvalue weighted by Gasteiger charge is 2.29. The van der Waals surface area contributed by atoms with Crippen LogP contribution in [-0.2, 0) is 26.4 Å². The molecular weight excluding hydrogens is 362 g/mol. The van der Waals surface area contributed by atoms with Crippen LogP contribution in [0.5, 0.6) is 0 Å². The van der Waals surface area contributed by atoms with E-state index < -0.39 is 5.60 Å². The number of esters is 1.